The maximum atomic E-state index is 12.1. The Hall–Kier alpha value is -1.79. The highest BCUT2D eigenvalue weighted by Crippen LogP contribution is 2.20. The van der Waals surface area contributed by atoms with Crippen molar-refractivity contribution >= 4 is 27.3 Å². The van der Waals surface area contributed by atoms with Crippen molar-refractivity contribution in [1.29, 1.82) is 0 Å². The first-order valence-corrected chi connectivity index (χ1v) is 7.16. The van der Waals surface area contributed by atoms with Gasteiger partial charge in [0.2, 0.25) is 0 Å². The molecule has 0 saturated heterocycles. The number of sulfonamides is 1. The van der Waals surface area contributed by atoms with E-state index in [1.165, 1.54) is 25.4 Å². The summed E-state index contributed by atoms with van der Waals surface area (Å²) >= 11 is 5.67. The number of hydrogen-bond acceptors (Lipinski definition) is 4. The van der Waals surface area contributed by atoms with Gasteiger partial charge in [0.05, 0.1) is 12.0 Å². The van der Waals surface area contributed by atoms with E-state index in [1.807, 2.05) is 0 Å². The lowest BCUT2D eigenvalue weighted by atomic mass is 10.3. The molecule has 0 aliphatic rings. The second-order valence-electron chi connectivity index (χ2n) is 3.65. The minimum Gasteiger partial charge on any atom is -0.497 e. The Morgan fingerprint density at radius 3 is 2.47 bits per heavy atom. The average Bonchev–Trinajstić information content (AvgIpc) is 2.39. The Kier molecular flexibility index (Phi) is 3.92. The standard InChI is InChI=1S/C12H11ClN2O3S/c1-18-10-4-2-9(3-5-10)15-19(16,17)11-6-7-14-12(13)8-11/h2-8,15H,1H3. The number of ether oxygens (including phenoxy) is 1. The third-order valence-corrected chi connectivity index (χ3v) is 3.94. The van der Waals surface area contributed by atoms with Crippen LogP contribution in [0.15, 0.2) is 47.5 Å². The predicted molar refractivity (Wildman–Crippen MR) is 73.0 cm³/mol. The number of aromatic nitrogens is 1. The van der Waals surface area contributed by atoms with Crippen LogP contribution in [0.1, 0.15) is 0 Å². The molecule has 1 aromatic carbocycles. The highest BCUT2D eigenvalue weighted by molar-refractivity contribution is 7.92. The lowest BCUT2D eigenvalue weighted by molar-refractivity contribution is 0.415. The van der Waals surface area contributed by atoms with E-state index >= 15 is 0 Å². The molecule has 7 heteroatoms. The summed E-state index contributed by atoms with van der Waals surface area (Å²) in [4.78, 5) is 3.80. The van der Waals surface area contributed by atoms with Gasteiger partial charge >= 0.3 is 0 Å². The Labute approximate surface area is 116 Å². The normalized spacial score (nSPS) is 11.1. The van der Waals surface area contributed by atoms with Crippen molar-refractivity contribution in [1.82, 2.24) is 4.98 Å². The molecule has 5 nitrogen and oxygen atoms in total. The Bertz CT molecular complexity index is 672. The van der Waals surface area contributed by atoms with Gasteiger partial charge in [-0.05, 0) is 36.4 Å². The average molecular weight is 299 g/mol. The summed E-state index contributed by atoms with van der Waals surface area (Å²) in [6, 6.07) is 9.21. The van der Waals surface area contributed by atoms with E-state index in [2.05, 4.69) is 9.71 Å². The summed E-state index contributed by atoms with van der Waals surface area (Å²) in [5.41, 5.74) is 0.439. The number of halogens is 1. The highest BCUT2D eigenvalue weighted by atomic mass is 35.5. The lowest BCUT2D eigenvalue weighted by Crippen LogP contribution is -2.12. The molecule has 0 saturated carbocycles. The van der Waals surface area contributed by atoms with E-state index in [0.717, 1.165) is 0 Å². The number of rotatable bonds is 4. The molecule has 0 bridgehead atoms. The fraction of sp³-hybridized carbons (Fsp3) is 0.0833. The van der Waals surface area contributed by atoms with E-state index < -0.39 is 10.0 Å². The molecule has 0 aliphatic heterocycles. The van der Waals surface area contributed by atoms with Gasteiger partial charge in [-0.2, -0.15) is 0 Å². The molecule has 1 N–H and O–H groups in total. The number of nitrogens with zero attached hydrogens (tertiary/aromatic N) is 1. The quantitative estimate of drug-likeness (QED) is 0.881. The fourth-order valence-corrected chi connectivity index (χ4v) is 2.73. The van der Waals surface area contributed by atoms with Gasteiger partial charge in [0.25, 0.3) is 10.0 Å². The molecular formula is C12H11ClN2O3S. The van der Waals surface area contributed by atoms with Gasteiger partial charge in [-0.15, -0.1) is 0 Å². The van der Waals surface area contributed by atoms with Crippen LogP contribution >= 0.6 is 11.6 Å². The third kappa shape index (κ3) is 3.36. The summed E-state index contributed by atoms with van der Waals surface area (Å²) in [6.45, 7) is 0. The number of anilines is 1. The van der Waals surface area contributed by atoms with E-state index in [4.69, 9.17) is 16.3 Å². The van der Waals surface area contributed by atoms with Gasteiger partial charge in [-0.1, -0.05) is 11.6 Å². The van der Waals surface area contributed by atoms with Crippen molar-refractivity contribution in [3.8, 4) is 5.75 Å². The fourth-order valence-electron chi connectivity index (χ4n) is 1.42. The van der Waals surface area contributed by atoms with E-state index in [0.29, 0.717) is 11.4 Å². The first kappa shape index (κ1) is 13.6. The van der Waals surface area contributed by atoms with Crippen molar-refractivity contribution in [3.63, 3.8) is 0 Å². The molecule has 100 valence electrons. The van der Waals surface area contributed by atoms with Gasteiger partial charge in [0.1, 0.15) is 10.9 Å². The van der Waals surface area contributed by atoms with E-state index in [9.17, 15) is 8.42 Å². The maximum Gasteiger partial charge on any atom is 0.262 e. The Morgan fingerprint density at radius 2 is 1.89 bits per heavy atom. The minimum atomic E-state index is -3.67. The first-order valence-electron chi connectivity index (χ1n) is 5.30. The van der Waals surface area contributed by atoms with Crippen LogP contribution in [0, 0.1) is 0 Å². The number of methoxy groups -OCH3 is 1. The van der Waals surface area contributed by atoms with Gasteiger partial charge in [0, 0.05) is 11.9 Å². The summed E-state index contributed by atoms with van der Waals surface area (Å²) in [5, 5.41) is 0.123. The molecule has 2 rings (SSSR count). The van der Waals surface area contributed by atoms with Gasteiger partial charge < -0.3 is 4.74 Å². The molecule has 0 amide bonds. The topological polar surface area (TPSA) is 68.3 Å². The highest BCUT2D eigenvalue weighted by Gasteiger charge is 2.14. The number of pyridine rings is 1. The maximum absolute atomic E-state index is 12.1. The Balaban J connectivity index is 2.25. The molecule has 0 spiro atoms. The van der Waals surface area contributed by atoms with Crippen LogP contribution < -0.4 is 9.46 Å². The zero-order valence-electron chi connectivity index (χ0n) is 10.00. The summed E-state index contributed by atoms with van der Waals surface area (Å²) in [7, 11) is -2.13. The summed E-state index contributed by atoms with van der Waals surface area (Å²) < 4.78 is 31.6. The van der Waals surface area contributed by atoms with Crippen LogP contribution in [0.3, 0.4) is 0 Å². The molecule has 2 aromatic rings. The zero-order chi connectivity index (χ0) is 13.9. The van der Waals surface area contributed by atoms with Crippen molar-refractivity contribution < 1.29 is 13.2 Å². The molecule has 1 heterocycles. The number of nitrogens with one attached hydrogen (secondary N) is 1. The smallest absolute Gasteiger partial charge is 0.262 e. The monoisotopic (exact) mass is 298 g/mol. The predicted octanol–water partition coefficient (Wildman–Crippen LogP) is 2.54. The molecule has 0 radical (unpaired) electrons. The van der Waals surface area contributed by atoms with Gasteiger partial charge in [-0.3, -0.25) is 4.72 Å². The number of benzene rings is 1. The molecule has 19 heavy (non-hydrogen) atoms. The van der Waals surface area contributed by atoms with Crippen molar-refractivity contribution in [2.75, 3.05) is 11.8 Å². The van der Waals surface area contributed by atoms with Crippen LogP contribution in [-0.2, 0) is 10.0 Å². The third-order valence-electron chi connectivity index (χ3n) is 2.35. The summed E-state index contributed by atoms with van der Waals surface area (Å²) in [6.07, 6.45) is 1.34. The largest absolute Gasteiger partial charge is 0.497 e. The molecule has 1 aromatic heterocycles. The van der Waals surface area contributed by atoms with Gasteiger partial charge in [0.15, 0.2) is 0 Å². The van der Waals surface area contributed by atoms with Gasteiger partial charge in [-0.25, -0.2) is 13.4 Å². The second-order valence-corrected chi connectivity index (χ2v) is 5.72. The molecule has 0 fully saturated rings. The second kappa shape index (κ2) is 5.46. The van der Waals surface area contributed by atoms with E-state index in [-0.39, 0.29) is 10.0 Å². The van der Waals surface area contributed by atoms with Crippen LogP contribution in [-0.4, -0.2) is 20.5 Å². The first-order chi connectivity index (χ1) is 9.01. The zero-order valence-corrected chi connectivity index (χ0v) is 11.6. The van der Waals surface area contributed by atoms with Crippen LogP contribution in [0.2, 0.25) is 5.15 Å². The minimum absolute atomic E-state index is 0.0586. The molecular weight excluding hydrogens is 288 g/mol. The summed E-state index contributed by atoms with van der Waals surface area (Å²) in [5.74, 6) is 0.648. The Morgan fingerprint density at radius 1 is 1.21 bits per heavy atom. The SMILES string of the molecule is COc1ccc(NS(=O)(=O)c2ccnc(Cl)c2)cc1. The molecule has 0 unspecified atom stereocenters. The van der Waals surface area contributed by atoms with Crippen LogP contribution in [0.4, 0.5) is 5.69 Å². The molecule has 0 atom stereocenters. The number of hydrogen-bond donors (Lipinski definition) is 1. The van der Waals surface area contributed by atoms with Crippen molar-refractivity contribution in [2.45, 2.75) is 4.90 Å². The lowest BCUT2D eigenvalue weighted by Gasteiger charge is -2.08. The van der Waals surface area contributed by atoms with Crippen molar-refractivity contribution in [2.24, 2.45) is 0 Å². The van der Waals surface area contributed by atoms with Crippen LogP contribution in [0.5, 0.6) is 5.75 Å². The van der Waals surface area contributed by atoms with Crippen molar-refractivity contribution in [3.05, 3.63) is 47.7 Å². The van der Waals surface area contributed by atoms with Crippen LogP contribution in [0.25, 0.3) is 0 Å². The van der Waals surface area contributed by atoms with E-state index in [1.54, 1.807) is 24.3 Å². The molecule has 0 aliphatic carbocycles.